The fraction of sp³-hybridized carbons (Fsp3) is 0.471. The maximum atomic E-state index is 12.2. The van der Waals surface area contributed by atoms with Crippen LogP contribution in [0.25, 0.3) is 0 Å². The zero-order chi connectivity index (χ0) is 17.4. The van der Waals surface area contributed by atoms with Crippen LogP contribution in [0.3, 0.4) is 0 Å². The van der Waals surface area contributed by atoms with E-state index < -0.39 is 12.0 Å². The summed E-state index contributed by atoms with van der Waals surface area (Å²) in [5.41, 5.74) is 0.966. The topological polar surface area (TPSA) is 58.6 Å². The first kappa shape index (κ1) is 18.7. The molecular formula is C17H22N2O3S2. The highest BCUT2D eigenvalue weighted by Crippen LogP contribution is 2.16. The molecule has 0 aliphatic carbocycles. The van der Waals surface area contributed by atoms with Gasteiger partial charge in [-0.05, 0) is 18.4 Å². The third-order valence-corrected chi connectivity index (χ3v) is 5.32. The highest BCUT2D eigenvalue weighted by molar-refractivity contribution is 8.23. The van der Waals surface area contributed by atoms with E-state index >= 15 is 0 Å². The number of nitrogens with zero attached hydrogens (tertiary/aromatic N) is 1. The molecule has 0 saturated carbocycles. The van der Waals surface area contributed by atoms with Crippen molar-refractivity contribution in [2.45, 2.75) is 25.3 Å². The number of hydrogen-bond acceptors (Lipinski definition) is 5. The number of amides is 1. The van der Waals surface area contributed by atoms with Crippen molar-refractivity contribution in [3.05, 3.63) is 35.9 Å². The van der Waals surface area contributed by atoms with Gasteiger partial charge < -0.3 is 15.0 Å². The number of rotatable bonds is 6. The minimum atomic E-state index is -0.689. The molecule has 0 radical (unpaired) electrons. The Labute approximate surface area is 152 Å². The van der Waals surface area contributed by atoms with Gasteiger partial charge in [0.2, 0.25) is 5.91 Å². The molecule has 0 aromatic heterocycles. The predicted molar refractivity (Wildman–Crippen MR) is 100.0 cm³/mol. The Bertz CT molecular complexity index is 574. The molecule has 0 bridgehead atoms. The van der Waals surface area contributed by atoms with Crippen LogP contribution in [-0.2, 0) is 20.7 Å². The van der Waals surface area contributed by atoms with Crippen LogP contribution in [-0.4, -0.2) is 53.1 Å². The first-order valence-corrected chi connectivity index (χ1v) is 9.32. The van der Waals surface area contributed by atoms with Gasteiger partial charge in [0, 0.05) is 19.5 Å². The van der Waals surface area contributed by atoms with Crippen molar-refractivity contribution in [1.29, 1.82) is 0 Å². The van der Waals surface area contributed by atoms with Gasteiger partial charge in [-0.1, -0.05) is 54.3 Å². The highest BCUT2D eigenvalue weighted by atomic mass is 32.2. The molecule has 0 spiro atoms. The van der Waals surface area contributed by atoms with Crippen LogP contribution >= 0.6 is 24.0 Å². The van der Waals surface area contributed by atoms with Crippen LogP contribution in [0.1, 0.15) is 18.4 Å². The first-order chi connectivity index (χ1) is 11.6. The second kappa shape index (κ2) is 9.64. The van der Waals surface area contributed by atoms with Crippen molar-refractivity contribution in [1.82, 2.24) is 10.2 Å². The van der Waals surface area contributed by atoms with Crippen molar-refractivity contribution >= 4 is 40.2 Å². The summed E-state index contributed by atoms with van der Waals surface area (Å²) in [6.45, 7) is 1.93. The Morgan fingerprint density at radius 1 is 1.29 bits per heavy atom. The summed E-state index contributed by atoms with van der Waals surface area (Å²) in [5.74, 6) is -0.454. The van der Waals surface area contributed by atoms with Crippen LogP contribution in [0.5, 0.6) is 0 Å². The number of hydrogen-bond donors (Lipinski definition) is 1. The summed E-state index contributed by atoms with van der Waals surface area (Å²) in [4.78, 5) is 26.2. The number of ether oxygens (including phenoxy) is 1. The smallest absolute Gasteiger partial charge is 0.328 e. The van der Waals surface area contributed by atoms with E-state index in [9.17, 15) is 9.59 Å². The number of carbonyl (C=O) groups excluding carboxylic acids is 2. The molecule has 1 aromatic carbocycles. The normalized spacial score (nSPS) is 15.0. The third kappa shape index (κ3) is 5.79. The lowest BCUT2D eigenvalue weighted by Crippen LogP contribution is -2.44. The summed E-state index contributed by atoms with van der Waals surface area (Å²) in [5, 5.41) is 2.75. The zero-order valence-electron chi connectivity index (χ0n) is 13.7. The fourth-order valence-corrected chi connectivity index (χ4v) is 3.60. The molecule has 1 saturated heterocycles. The number of thioether (sulfide) groups is 1. The van der Waals surface area contributed by atoms with Crippen LogP contribution in [0.2, 0.25) is 0 Å². The van der Waals surface area contributed by atoms with Gasteiger partial charge in [0.1, 0.15) is 10.4 Å². The van der Waals surface area contributed by atoms with E-state index in [0.29, 0.717) is 6.42 Å². The number of likely N-dealkylation sites (tertiary alicyclic amines) is 1. The van der Waals surface area contributed by atoms with Crippen molar-refractivity contribution < 1.29 is 14.3 Å². The van der Waals surface area contributed by atoms with Crippen LogP contribution in [0.15, 0.2) is 30.3 Å². The average Bonchev–Trinajstić information content (AvgIpc) is 3.14. The van der Waals surface area contributed by atoms with Gasteiger partial charge in [0.15, 0.2) is 0 Å². The molecule has 130 valence electrons. The number of nitrogens with one attached hydrogen (secondary N) is 1. The Balaban J connectivity index is 1.85. The number of thiocarbonyl (C=S) groups is 1. The molecule has 1 amide bonds. The molecule has 24 heavy (non-hydrogen) atoms. The van der Waals surface area contributed by atoms with Crippen molar-refractivity contribution in [3.63, 3.8) is 0 Å². The van der Waals surface area contributed by atoms with Gasteiger partial charge in [-0.3, -0.25) is 4.79 Å². The lowest BCUT2D eigenvalue weighted by Gasteiger charge is -2.19. The van der Waals surface area contributed by atoms with Gasteiger partial charge in [-0.25, -0.2) is 4.79 Å². The summed E-state index contributed by atoms with van der Waals surface area (Å²) in [6.07, 6.45) is 2.70. The summed E-state index contributed by atoms with van der Waals surface area (Å²) in [6, 6.07) is 8.85. The molecule has 1 heterocycles. The van der Waals surface area contributed by atoms with E-state index in [0.717, 1.165) is 35.8 Å². The molecule has 1 aromatic rings. The second-order valence-corrected chi connectivity index (χ2v) is 7.19. The number of esters is 1. The molecule has 5 nitrogen and oxygen atoms in total. The largest absolute Gasteiger partial charge is 0.467 e. The lowest BCUT2D eigenvalue weighted by atomic mass is 10.1. The SMILES string of the molecule is COC(=O)[C@H](Cc1ccccc1)NC(=O)CSC(=S)N1CCCC1. The standard InChI is InChI=1S/C17H22N2O3S2/c1-22-16(21)14(11-13-7-3-2-4-8-13)18-15(20)12-24-17(23)19-9-5-6-10-19/h2-4,7-8,14H,5-6,9-12H2,1H3,(H,18,20)/t14-/m0/s1. The molecule has 1 atom stereocenters. The second-order valence-electron chi connectivity index (χ2n) is 5.58. The Kier molecular flexibility index (Phi) is 7.52. The molecule has 1 aliphatic heterocycles. The van der Waals surface area contributed by atoms with Gasteiger partial charge in [0.25, 0.3) is 0 Å². The Morgan fingerprint density at radius 2 is 1.96 bits per heavy atom. The molecule has 7 heteroatoms. The van der Waals surface area contributed by atoms with E-state index in [1.807, 2.05) is 30.3 Å². The summed E-state index contributed by atoms with van der Waals surface area (Å²) in [7, 11) is 1.32. The van der Waals surface area contributed by atoms with E-state index in [1.54, 1.807) is 0 Å². The van der Waals surface area contributed by atoms with Gasteiger partial charge >= 0.3 is 5.97 Å². The van der Waals surface area contributed by atoms with E-state index in [1.165, 1.54) is 18.9 Å². The Hall–Kier alpha value is -1.60. The van der Waals surface area contributed by atoms with E-state index in [-0.39, 0.29) is 11.7 Å². The monoisotopic (exact) mass is 366 g/mol. The molecule has 2 rings (SSSR count). The number of carbonyl (C=O) groups is 2. The first-order valence-electron chi connectivity index (χ1n) is 7.93. The maximum absolute atomic E-state index is 12.2. The van der Waals surface area contributed by atoms with Crippen LogP contribution in [0.4, 0.5) is 0 Å². The molecule has 1 N–H and O–H groups in total. The van der Waals surface area contributed by atoms with Gasteiger partial charge in [0.05, 0.1) is 12.9 Å². The minimum Gasteiger partial charge on any atom is -0.467 e. The van der Waals surface area contributed by atoms with Crippen molar-refractivity contribution in [2.75, 3.05) is 26.0 Å². The maximum Gasteiger partial charge on any atom is 0.328 e. The summed E-state index contributed by atoms with van der Waals surface area (Å²) < 4.78 is 5.55. The molecule has 1 aliphatic rings. The minimum absolute atomic E-state index is 0.206. The lowest BCUT2D eigenvalue weighted by molar-refractivity contribution is -0.144. The number of benzene rings is 1. The van der Waals surface area contributed by atoms with Crippen molar-refractivity contribution in [3.8, 4) is 0 Å². The molecular weight excluding hydrogens is 344 g/mol. The van der Waals surface area contributed by atoms with E-state index in [2.05, 4.69) is 10.2 Å². The summed E-state index contributed by atoms with van der Waals surface area (Å²) >= 11 is 6.69. The van der Waals surface area contributed by atoms with Crippen LogP contribution < -0.4 is 5.32 Å². The third-order valence-electron chi connectivity index (χ3n) is 3.79. The molecule has 1 fully saturated rings. The molecule has 0 unspecified atom stereocenters. The fourth-order valence-electron chi connectivity index (χ4n) is 2.54. The average molecular weight is 367 g/mol. The van der Waals surface area contributed by atoms with Gasteiger partial charge in [-0.15, -0.1) is 0 Å². The number of methoxy groups -OCH3 is 1. The van der Waals surface area contributed by atoms with Gasteiger partial charge in [-0.2, -0.15) is 0 Å². The van der Waals surface area contributed by atoms with Crippen LogP contribution in [0, 0.1) is 0 Å². The Morgan fingerprint density at radius 3 is 2.58 bits per heavy atom. The van der Waals surface area contributed by atoms with E-state index in [4.69, 9.17) is 17.0 Å². The predicted octanol–water partition coefficient (Wildman–Crippen LogP) is 2.00. The quantitative estimate of drug-likeness (QED) is 0.614. The zero-order valence-corrected chi connectivity index (χ0v) is 15.3. The van der Waals surface area contributed by atoms with Crippen molar-refractivity contribution in [2.24, 2.45) is 0 Å². The highest BCUT2D eigenvalue weighted by Gasteiger charge is 2.23.